The average molecular weight is 798 g/mol. The Morgan fingerprint density at radius 3 is 1.66 bits per heavy atom. The van der Waals surface area contributed by atoms with Crippen molar-refractivity contribution in [3.8, 4) is 33.4 Å². The third-order valence-corrected chi connectivity index (χ3v) is 14.3. The van der Waals surface area contributed by atoms with Gasteiger partial charge in [0.1, 0.15) is 0 Å². The van der Waals surface area contributed by atoms with Crippen LogP contribution in [0, 0.1) is 13.8 Å². The van der Waals surface area contributed by atoms with Crippen molar-refractivity contribution in [2.75, 3.05) is 4.90 Å². The second-order valence-corrected chi connectivity index (χ2v) is 18.1. The number of hydrogen-bond acceptors (Lipinski definition) is 1. The van der Waals surface area contributed by atoms with Crippen molar-refractivity contribution in [3.63, 3.8) is 0 Å². The van der Waals surface area contributed by atoms with Crippen LogP contribution in [-0.4, -0.2) is 0 Å². The Labute approximate surface area is 367 Å². The van der Waals surface area contributed by atoms with Crippen molar-refractivity contribution < 1.29 is 0 Å². The van der Waals surface area contributed by atoms with Gasteiger partial charge in [0.05, 0.1) is 5.41 Å². The third-order valence-electron chi connectivity index (χ3n) is 14.3. The summed E-state index contributed by atoms with van der Waals surface area (Å²) in [5, 5.41) is 0. The van der Waals surface area contributed by atoms with Crippen molar-refractivity contribution in [1.82, 2.24) is 0 Å². The predicted octanol–water partition coefficient (Wildman–Crippen LogP) is 16.2. The van der Waals surface area contributed by atoms with Gasteiger partial charge in [-0.15, -0.1) is 0 Å². The van der Waals surface area contributed by atoms with E-state index in [1.165, 1.54) is 94.6 Å². The number of aryl methyl sites for hydroxylation is 1. The molecule has 0 N–H and O–H groups in total. The van der Waals surface area contributed by atoms with Gasteiger partial charge < -0.3 is 4.90 Å². The Balaban J connectivity index is 1.19. The molecule has 3 aliphatic carbocycles. The minimum atomic E-state index is -0.570. The lowest BCUT2D eigenvalue weighted by atomic mass is 9.64. The number of fused-ring (bicyclic) bond motifs is 6. The molecule has 0 aromatic heterocycles. The van der Waals surface area contributed by atoms with Gasteiger partial charge >= 0.3 is 0 Å². The van der Waals surface area contributed by atoms with Gasteiger partial charge in [0.25, 0.3) is 0 Å². The smallest absolute Gasteiger partial charge is 0.0719 e. The second kappa shape index (κ2) is 14.6. The Hall–Kier alpha value is -6.96. The summed E-state index contributed by atoms with van der Waals surface area (Å²) in [6.45, 7) is 11.7. The number of anilines is 3. The highest BCUT2D eigenvalue weighted by Crippen LogP contribution is 2.59. The van der Waals surface area contributed by atoms with Crippen LogP contribution in [0.1, 0.15) is 83.7 Å². The van der Waals surface area contributed by atoms with Gasteiger partial charge in [0, 0.05) is 22.5 Å². The molecule has 3 aliphatic rings. The lowest BCUT2D eigenvalue weighted by Crippen LogP contribution is -2.31. The first-order valence-electron chi connectivity index (χ1n) is 22.2. The molecule has 0 spiro atoms. The molecule has 0 heterocycles. The van der Waals surface area contributed by atoms with Gasteiger partial charge in [-0.3, -0.25) is 0 Å². The van der Waals surface area contributed by atoms with Crippen LogP contribution >= 0.6 is 0 Å². The highest BCUT2D eigenvalue weighted by Gasteiger charge is 2.48. The molecule has 300 valence electrons. The summed E-state index contributed by atoms with van der Waals surface area (Å²) in [4.78, 5) is 2.50. The molecule has 0 aliphatic heterocycles. The summed E-state index contributed by atoms with van der Waals surface area (Å²) in [7, 11) is 0. The zero-order valence-electron chi connectivity index (χ0n) is 36.3. The Bertz CT molecular complexity index is 3140. The normalized spacial score (nSPS) is 16.7. The third kappa shape index (κ3) is 5.68. The minimum Gasteiger partial charge on any atom is -0.310 e. The van der Waals surface area contributed by atoms with Crippen LogP contribution in [0.4, 0.5) is 17.1 Å². The number of rotatable bonds is 7. The molecule has 1 atom stereocenters. The van der Waals surface area contributed by atoms with Gasteiger partial charge in [0.15, 0.2) is 0 Å². The maximum absolute atomic E-state index is 2.53. The number of allylic oxidation sites excluding steroid dienone is 4. The van der Waals surface area contributed by atoms with Crippen LogP contribution in [0.2, 0.25) is 0 Å². The molecule has 0 saturated carbocycles. The van der Waals surface area contributed by atoms with Crippen LogP contribution < -0.4 is 4.90 Å². The molecule has 11 rings (SSSR count). The lowest BCUT2D eigenvalue weighted by Gasteiger charge is -2.37. The second-order valence-electron chi connectivity index (χ2n) is 18.1. The fourth-order valence-corrected chi connectivity index (χ4v) is 11.3. The van der Waals surface area contributed by atoms with Crippen molar-refractivity contribution in [1.29, 1.82) is 0 Å². The van der Waals surface area contributed by atoms with Crippen LogP contribution in [-0.2, 0) is 10.8 Å². The molecule has 1 heteroatoms. The lowest BCUT2D eigenvalue weighted by molar-refractivity contribution is 0.660. The molecular formula is C61H51N. The van der Waals surface area contributed by atoms with E-state index < -0.39 is 5.41 Å². The van der Waals surface area contributed by atoms with E-state index in [1.807, 2.05) is 0 Å². The largest absolute Gasteiger partial charge is 0.310 e. The van der Waals surface area contributed by atoms with Gasteiger partial charge in [0.2, 0.25) is 0 Å². The number of nitrogens with zero attached hydrogens (tertiary/aromatic N) is 1. The van der Waals surface area contributed by atoms with E-state index in [0.29, 0.717) is 0 Å². The van der Waals surface area contributed by atoms with E-state index in [1.54, 1.807) is 0 Å². The molecule has 0 bridgehead atoms. The molecule has 0 saturated heterocycles. The van der Waals surface area contributed by atoms with E-state index in [4.69, 9.17) is 0 Å². The molecule has 1 nitrogen and oxygen atoms in total. The summed E-state index contributed by atoms with van der Waals surface area (Å²) < 4.78 is 0. The van der Waals surface area contributed by atoms with Crippen LogP contribution in [0.3, 0.4) is 0 Å². The quantitative estimate of drug-likeness (QED) is 0.155. The van der Waals surface area contributed by atoms with Crippen molar-refractivity contribution >= 4 is 22.6 Å². The Morgan fingerprint density at radius 1 is 0.387 bits per heavy atom. The zero-order chi connectivity index (χ0) is 42.2. The Morgan fingerprint density at radius 2 is 0.919 bits per heavy atom. The highest BCUT2D eigenvalue weighted by atomic mass is 15.1. The minimum absolute atomic E-state index is 0.136. The summed E-state index contributed by atoms with van der Waals surface area (Å²) in [6.07, 6.45) is 7.03. The first-order valence-corrected chi connectivity index (χ1v) is 22.2. The van der Waals surface area contributed by atoms with Crippen molar-refractivity contribution in [2.24, 2.45) is 0 Å². The molecule has 8 aromatic rings. The van der Waals surface area contributed by atoms with E-state index in [-0.39, 0.29) is 5.41 Å². The first kappa shape index (κ1) is 38.0. The zero-order valence-corrected chi connectivity index (χ0v) is 36.3. The monoisotopic (exact) mass is 797 g/mol. The molecule has 0 fully saturated rings. The summed E-state index contributed by atoms with van der Waals surface area (Å²) in [6, 6.07) is 68.5. The highest BCUT2D eigenvalue weighted by molar-refractivity contribution is 5.92. The van der Waals surface area contributed by atoms with Gasteiger partial charge in [-0.05, 0) is 165 Å². The maximum Gasteiger partial charge on any atom is 0.0719 e. The number of hydrogen-bond donors (Lipinski definition) is 0. The fraction of sp³-hybridized carbons (Fsp3) is 0.148. The van der Waals surface area contributed by atoms with Gasteiger partial charge in [-0.2, -0.15) is 0 Å². The standard InChI is InChI=1S/C61H51N/c1-40-19-9-11-25-48(40)49-28-18-32-55(42(49)3)61(54-29-14-10-20-41(54)2)57-31-16-13-27-51(57)53-36-34-47(39-59(53)61)62(45-24-17-23-44(37-45)43-21-7-6-8-22-43)46-33-35-52-50-26-12-15-30-56(50)60(4,5)58(52)38-46/h6-8,10,12-39H,9,11H2,1-5H3. The Kier molecular flexibility index (Phi) is 8.95. The van der Waals surface area contributed by atoms with E-state index in [2.05, 4.69) is 234 Å². The number of benzene rings is 8. The summed E-state index contributed by atoms with van der Waals surface area (Å²) >= 11 is 0. The van der Waals surface area contributed by atoms with Crippen LogP contribution in [0.5, 0.6) is 0 Å². The maximum atomic E-state index is 2.53. The van der Waals surface area contributed by atoms with Crippen molar-refractivity contribution in [2.45, 2.75) is 58.3 Å². The van der Waals surface area contributed by atoms with E-state index >= 15 is 0 Å². The first-order chi connectivity index (χ1) is 30.3. The molecule has 8 aromatic carbocycles. The van der Waals surface area contributed by atoms with Crippen molar-refractivity contribution in [3.05, 3.63) is 250 Å². The van der Waals surface area contributed by atoms with Gasteiger partial charge in [-0.25, -0.2) is 0 Å². The topological polar surface area (TPSA) is 3.24 Å². The van der Waals surface area contributed by atoms with E-state index in [9.17, 15) is 0 Å². The summed E-state index contributed by atoms with van der Waals surface area (Å²) in [5.41, 5.74) is 25.1. The van der Waals surface area contributed by atoms with Crippen LogP contribution in [0.15, 0.2) is 200 Å². The fourth-order valence-electron chi connectivity index (χ4n) is 11.3. The molecule has 1 unspecified atom stereocenters. The van der Waals surface area contributed by atoms with E-state index in [0.717, 1.165) is 29.9 Å². The SMILES string of the molecule is CC1=CCCC=C1c1cccc(C2(c3ccccc3C)c3ccccc3-c3ccc(N(c4cccc(-c5ccccc5)c4)c4ccc5c(c4)C(C)(C)c4ccccc4-5)cc32)c1C. The molecular weight excluding hydrogens is 747 g/mol. The molecule has 0 amide bonds. The average Bonchev–Trinajstić information content (AvgIpc) is 3.72. The molecule has 0 radical (unpaired) electrons. The molecule has 62 heavy (non-hydrogen) atoms. The van der Waals surface area contributed by atoms with Gasteiger partial charge in [-0.1, -0.05) is 172 Å². The van der Waals surface area contributed by atoms with Crippen LogP contribution in [0.25, 0.3) is 39.0 Å². The predicted molar refractivity (Wildman–Crippen MR) is 262 cm³/mol. The summed E-state index contributed by atoms with van der Waals surface area (Å²) in [5.74, 6) is 0.